The minimum absolute atomic E-state index is 0.144. The molecule has 0 unspecified atom stereocenters. The van der Waals surface area contributed by atoms with Gasteiger partial charge in [-0.15, -0.1) is 0 Å². The predicted molar refractivity (Wildman–Crippen MR) is 201 cm³/mol. The minimum Gasteiger partial charge on any atom is -0.495 e. The number of fused-ring (bicyclic) bond motifs is 2. The fourth-order valence-electron chi connectivity index (χ4n) is 7.83. The Morgan fingerprint density at radius 1 is 0.809 bits per heavy atom. The normalized spacial score (nSPS) is 20.2. The summed E-state index contributed by atoms with van der Waals surface area (Å²) in [6, 6.07) is 9.18. The van der Waals surface area contributed by atoms with Crippen LogP contribution in [0.4, 0.5) is 11.4 Å². The van der Waals surface area contributed by atoms with Gasteiger partial charge in [0.25, 0.3) is 5.69 Å². The molecule has 0 fully saturated rings. The highest BCUT2D eigenvalue weighted by Gasteiger charge is 2.46. The van der Waals surface area contributed by atoms with Crippen LogP contribution in [0, 0.1) is 0 Å². The smallest absolute Gasteiger partial charge is 0.252 e. The van der Waals surface area contributed by atoms with Crippen LogP contribution in [0.3, 0.4) is 0 Å². The molecule has 1 aliphatic carbocycles. The zero-order valence-corrected chi connectivity index (χ0v) is 31.3. The van der Waals surface area contributed by atoms with E-state index in [1.54, 1.807) is 14.2 Å². The molecule has 252 valence electrons. The third-order valence-electron chi connectivity index (χ3n) is 10.5. The number of halogens is 1. The van der Waals surface area contributed by atoms with E-state index in [0.29, 0.717) is 0 Å². The summed E-state index contributed by atoms with van der Waals surface area (Å²) in [5, 5.41) is 0.896. The summed E-state index contributed by atoms with van der Waals surface area (Å²) < 4.78 is 14.4. The molecule has 2 aromatic rings. The topological polar surface area (TPSA) is 24.7 Å². The number of nitrogens with zero attached hydrogens (tertiary/aromatic N) is 2. The molecule has 0 aromatic heterocycles. The number of benzene rings is 2. The van der Waals surface area contributed by atoms with Gasteiger partial charge in [0.05, 0.1) is 25.3 Å². The first kappa shape index (κ1) is 35.1. The molecular formula is C42H56ClN2O2+. The molecule has 47 heavy (non-hydrogen) atoms. The van der Waals surface area contributed by atoms with Crippen LogP contribution in [0.1, 0.15) is 110 Å². The van der Waals surface area contributed by atoms with Crippen molar-refractivity contribution in [1.29, 1.82) is 0 Å². The third kappa shape index (κ3) is 6.23. The van der Waals surface area contributed by atoms with E-state index in [4.69, 9.17) is 21.1 Å². The highest BCUT2D eigenvalue weighted by molar-refractivity contribution is 6.32. The van der Waals surface area contributed by atoms with Crippen LogP contribution in [-0.4, -0.2) is 37.6 Å². The summed E-state index contributed by atoms with van der Waals surface area (Å²) >= 11 is 7.26. The Morgan fingerprint density at radius 2 is 1.47 bits per heavy atom. The SMILES string of the molecule is CCCN1/C(=C\C=C2/CCCC(/C=C/C3=[N+](CCC)c4c(OC)cc(CC)cc4C3(C)C)=C2Cl)C(C)(C)c2cc(CC)cc(OC)c21. The lowest BCUT2D eigenvalue weighted by molar-refractivity contribution is -0.438. The highest BCUT2D eigenvalue weighted by Crippen LogP contribution is 2.53. The van der Waals surface area contributed by atoms with Crippen molar-refractivity contribution in [1.82, 2.24) is 0 Å². The van der Waals surface area contributed by atoms with Crippen molar-refractivity contribution in [3.8, 4) is 11.5 Å². The number of anilines is 1. The number of hydrogen-bond donors (Lipinski definition) is 0. The minimum atomic E-state index is -0.144. The van der Waals surface area contributed by atoms with Gasteiger partial charge in [-0.05, 0) is 104 Å². The Labute approximate surface area is 289 Å². The van der Waals surface area contributed by atoms with Gasteiger partial charge in [0.1, 0.15) is 12.3 Å². The molecule has 5 heteroatoms. The van der Waals surface area contributed by atoms with Gasteiger partial charge in [0.2, 0.25) is 0 Å². The molecule has 2 aliphatic heterocycles. The largest absolute Gasteiger partial charge is 0.495 e. The predicted octanol–water partition coefficient (Wildman–Crippen LogP) is 10.9. The fourth-order valence-corrected chi connectivity index (χ4v) is 8.14. The second-order valence-corrected chi connectivity index (χ2v) is 14.7. The molecule has 0 saturated heterocycles. The number of allylic oxidation sites excluding steroid dienone is 8. The van der Waals surface area contributed by atoms with Crippen LogP contribution in [0.15, 0.2) is 70.4 Å². The maximum absolute atomic E-state index is 7.26. The van der Waals surface area contributed by atoms with Crippen molar-refractivity contribution in [2.75, 3.05) is 32.2 Å². The Bertz CT molecular complexity index is 1680. The highest BCUT2D eigenvalue weighted by atomic mass is 35.5. The molecule has 4 nitrogen and oxygen atoms in total. The molecule has 3 aliphatic rings. The number of rotatable bonds is 11. The maximum atomic E-state index is 7.26. The van der Waals surface area contributed by atoms with Crippen molar-refractivity contribution in [3.05, 3.63) is 92.7 Å². The first-order valence-corrected chi connectivity index (χ1v) is 18.2. The maximum Gasteiger partial charge on any atom is 0.252 e. The van der Waals surface area contributed by atoms with Crippen LogP contribution in [0.2, 0.25) is 0 Å². The van der Waals surface area contributed by atoms with Crippen LogP contribution in [-0.2, 0) is 23.7 Å². The molecule has 2 aromatic carbocycles. The monoisotopic (exact) mass is 655 g/mol. The van der Waals surface area contributed by atoms with Crippen LogP contribution in [0.25, 0.3) is 0 Å². The molecular weight excluding hydrogens is 600 g/mol. The van der Waals surface area contributed by atoms with E-state index in [0.717, 1.165) is 74.6 Å². The molecule has 5 rings (SSSR count). The lowest BCUT2D eigenvalue weighted by atomic mass is 9.80. The Balaban J connectivity index is 1.54. The first-order chi connectivity index (χ1) is 22.5. The summed E-state index contributed by atoms with van der Waals surface area (Å²) in [5.74, 6) is 1.94. The molecule has 0 N–H and O–H groups in total. The van der Waals surface area contributed by atoms with E-state index in [1.807, 2.05) is 0 Å². The van der Waals surface area contributed by atoms with Gasteiger partial charge in [-0.25, -0.2) is 0 Å². The average molecular weight is 656 g/mol. The van der Waals surface area contributed by atoms with E-state index in [1.165, 1.54) is 56.2 Å². The van der Waals surface area contributed by atoms with Gasteiger partial charge < -0.3 is 14.4 Å². The quantitative estimate of drug-likeness (QED) is 0.225. The van der Waals surface area contributed by atoms with E-state index < -0.39 is 0 Å². The van der Waals surface area contributed by atoms with E-state index >= 15 is 0 Å². The van der Waals surface area contributed by atoms with E-state index in [-0.39, 0.29) is 10.8 Å². The molecule has 0 radical (unpaired) electrons. The van der Waals surface area contributed by atoms with Gasteiger partial charge >= 0.3 is 0 Å². The van der Waals surface area contributed by atoms with Crippen LogP contribution in [0.5, 0.6) is 11.5 Å². The van der Waals surface area contributed by atoms with E-state index in [9.17, 15) is 0 Å². The number of aryl methyl sites for hydroxylation is 2. The lowest BCUT2D eigenvalue weighted by Crippen LogP contribution is -2.28. The molecule has 0 bridgehead atoms. The molecule has 0 atom stereocenters. The zero-order chi connectivity index (χ0) is 34.1. The number of methoxy groups -OCH3 is 2. The van der Waals surface area contributed by atoms with Crippen molar-refractivity contribution in [3.63, 3.8) is 0 Å². The van der Waals surface area contributed by atoms with Crippen molar-refractivity contribution < 1.29 is 14.0 Å². The molecule has 2 heterocycles. The summed E-state index contributed by atoms with van der Waals surface area (Å²) in [4.78, 5) is 2.48. The van der Waals surface area contributed by atoms with Crippen molar-refractivity contribution in [2.24, 2.45) is 0 Å². The van der Waals surface area contributed by atoms with Crippen molar-refractivity contribution in [2.45, 2.75) is 111 Å². The Kier molecular flexibility index (Phi) is 10.5. The molecule has 0 spiro atoms. The Hall–Kier alpha value is -3.24. The number of ether oxygens (including phenoxy) is 2. The lowest BCUT2D eigenvalue weighted by Gasteiger charge is -2.27. The summed E-state index contributed by atoms with van der Waals surface area (Å²) in [7, 11) is 3.59. The second-order valence-electron chi connectivity index (χ2n) is 14.3. The molecule has 0 amide bonds. The fraction of sp³-hybridized carbons (Fsp3) is 0.500. The van der Waals surface area contributed by atoms with Gasteiger partial charge in [-0.2, -0.15) is 4.58 Å². The molecule has 0 saturated carbocycles. The first-order valence-electron chi connectivity index (χ1n) is 17.8. The standard InChI is InChI=1S/C42H56ClN2O2/c1-11-22-44-36(41(5,6)32-24-28(13-3)26-34(46-9)39(32)44)20-18-30-16-15-17-31(38(30)43)19-21-37-42(7,8)33-25-29(14-4)27-35(47-10)40(33)45(37)23-12-2/h18-21,24-27H,11-17,22-23H2,1-10H3/q+1. The third-order valence-corrected chi connectivity index (χ3v) is 11.0. The van der Waals surface area contributed by atoms with Crippen molar-refractivity contribution >= 4 is 28.7 Å². The zero-order valence-electron chi connectivity index (χ0n) is 30.6. The Morgan fingerprint density at radius 3 is 2.09 bits per heavy atom. The van der Waals surface area contributed by atoms with Gasteiger partial charge in [0, 0.05) is 40.7 Å². The van der Waals surface area contributed by atoms with E-state index in [2.05, 4.69) is 113 Å². The van der Waals surface area contributed by atoms with Gasteiger partial charge in [0.15, 0.2) is 11.5 Å². The van der Waals surface area contributed by atoms with Gasteiger partial charge in [-0.1, -0.05) is 71.4 Å². The van der Waals surface area contributed by atoms with Gasteiger partial charge in [-0.3, -0.25) is 0 Å². The van der Waals surface area contributed by atoms with Crippen LogP contribution < -0.4 is 14.4 Å². The summed E-state index contributed by atoms with van der Waals surface area (Å²) in [6.45, 7) is 20.2. The van der Waals surface area contributed by atoms with Crippen LogP contribution >= 0.6 is 11.6 Å². The summed E-state index contributed by atoms with van der Waals surface area (Å²) in [5.41, 5.74) is 12.5. The summed E-state index contributed by atoms with van der Waals surface area (Å²) in [6.07, 6.45) is 16.4. The number of hydrogen-bond acceptors (Lipinski definition) is 3. The average Bonchev–Trinajstić information content (AvgIpc) is 3.41. The second kappa shape index (κ2) is 14.1.